The summed E-state index contributed by atoms with van der Waals surface area (Å²) in [6.07, 6.45) is 7.55. The lowest BCUT2D eigenvalue weighted by Gasteiger charge is -2.13. The van der Waals surface area contributed by atoms with E-state index in [-0.39, 0.29) is 0 Å². The van der Waals surface area contributed by atoms with E-state index in [2.05, 4.69) is 102 Å². The van der Waals surface area contributed by atoms with Crippen molar-refractivity contribution in [3.8, 4) is 22.4 Å². The fourth-order valence-electron chi connectivity index (χ4n) is 6.45. The van der Waals surface area contributed by atoms with Gasteiger partial charge in [0, 0.05) is 57.6 Å². The van der Waals surface area contributed by atoms with Crippen molar-refractivity contribution in [2.45, 2.75) is 0 Å². The van der Waals surface area contributed by atoms with Crippen molar-refractivity contribution in [3.63, 3.8) is 0 Å². The van der Waals surface area contributed by atoms with Crippen LogP contribution in [0.2, 0.25) is 0 Å². The Kier molecular flexibility index (Phi) is 4.87. The Morgan fingerprint density at radius 1 is 0.357 bits per heavy atom. The second kappa shape index (κ2) is 8.88. The molecule has 9 rings (SSSR count). The molecule has 0 saturated carbocycles. The van der Waals surface area contributed by atoms with Crippen LogP contribution in [0.1, 0.15) is 0 Å². The molecule has 0 fully saturated rings. The third-order valence-electron chi connectivity index (χ3n) is 8.40. The standard InChI is InChI=1S/C38H22N4/c1-2-10-29-27(8-1)28-9-3-4-11-30(28)33-20-25(15-16-31(29)33)37-38-32(12-6-18-40-38)34(22-42-37)26-19-24-14-13-23-7-5-17-39-35(23)36(24)41-21-26/h1-22H. The van der Waals surface area contributed by atoms with Crippen LogP contribution >= 0.6 is 0 Å². The number of hydrogen-bond acceptors (Lipinski definition) is 4. The first-order chi connectivity index (χ1) is 20.8. The van der Waals surface area contributed by atoms with Gasteiger partial charge < -0.3 is 0 Å². The average Bonchev–Trinajstić information content (AvgIpc) is 3.07. The number of aromatic nitrogens is 4. The van der Waals surface area contributed by atoms with E-state index in [9.17, 15) is 0 Å². The second-order valence-corrected chi connectivity index (χ2v) is 10.7. The first kappa shape index (κ1) is 23.0. The quantitative estimate of drug-likeness (QED) is 0.207. The van der Waals surface area contributed by atoms with E-state index in [4.69, 9.17) is 15.0 Å². The molecule has 0 aliphatic rings. The molecule has 0 amide bonds. The highest BCUT2D eigenvalue weighted by atomic mass is 14.8. The normalized spacial score (nSPS) is 11.8. The molecule has 194 valence electrons. The molecule has 4 heteroatoms. The zero-order valence-electron chi connectivity index (χ0n) is 22.5. The summed E-state index contributed by atoms with van der Waals surface area (Å²) in [6.45, 7) is 0. The summed E-state index contributed by atoms with van der Waals surface area (Å²) in [5.74, 6) is 0. The third-order valence-corrected chi connectivity index (χ3v) is 8.40. The molecule has 0 spiro atoms. The molecule has 0 atom stereocenters. The van der Waals surface area contributed by atoms with Gasteiger partial charge in [-0.25, -0.2) is 0 Å². The minimum absolute atomic E-state index is 0.873. The van der Waals surface area contributed by atoms with Crippen LogP contribution in [-0.2, 0) is 0 Å². The first-order valence-electron chi connectivity index (χ1n) is 14.0. The van der Waals surface area contributed by atoms with Crippen molar-refractivity contribution in [1.82, 2.24) is 19.9 Å². The van der Waals surface area contributed by atoms with Crippen molar-refractivity contribution >= 4 is 65.0 Å². The summed E-state index contributed by atoms with van der Waals surface area (Å²) in [4.78, 5) is 19.3. The van der Waals surface area contributed by atoms with Crippen LogP contribution in [0.5, 0.6) is 0 Å². The van der Waals surface area contributed by atoms with Gasteiger partial charge in [-0.15, -0.1) is 0 Å². The minimum Gasteiger partial charge on any atom is -0.254 e. The SMILES string of the molecule is c1cnc2c(c1)ccc1cc(-c3cnc(-c4ccc5c6ccccc6c6ccccc6c5c4)c4ncccc34)cnc12. The summed E-state index contributed by atoms with van der Waals surface area (Å²) in [6, 6.07) is 38.5. The predicted octanol–water partition coefficient (Wildman–Crippen LogP) is 9.52. The number of benzene rings is 5. The Bertz CT molecular complexity index is 2500. The Balaban J connectivity index is 1.25. The van der Waals surface area contributed by atoms with Gasteiger partial charge in [0.15, 0.2) is 0 Å². The first-order valence-corrected chi connectivity index (χ1v) is 14.0. The van der Waals surface area contributed by atoms with E-state index in [1.165, 1.54) is 32.3 Å². The van der Waals surface area contributed by atoms with E-state index >= 15 is 0 Å². The lowest BCUT2D eigenvalue weighted by atomic mass is 9.92. The van der Waals surface area contributed by atoms with Gasteiger partial charge in [0.05, 0.1) is 22.2 Å². The lowest BCUT2D eigenvalue weighted by Crippen LogP contribution is -1.93. The Morgan fingerprint density at radius 2 is 0.976 bits per heavy atom. The summed E-state index contributed by atoms with van der Waals surface area (Å²) in [5, 5.41) is 10.7. The fourth-order valence-corrected chi connectivity index (χ4v) is 6.45. The molecule has 0 saturated heterocycles. The Labute approximate surface area is 241 Å². The Hall–Kier alpha value is -5.74. The number of pyridine rings is 4. The zero-order valence-corrected chi connectivity index (χ0v) is 22.5. The summed E-state index contributed by atoms with van der Waals surface area (Å²) >= 11 is 0. The maximum Gasteiger partial charge on any atom is 0.0971 e. The van der Waals surface area contributed by atoms with E-state index in [0.717, 1.165) is 55.1 Å². The molecule has 42 heavy (non-hydrogen) atoms. The van der Waals surface area contributed by atoms with E-state index in [1.807, 2.05) is 36.9 Å². The molecule has 0 aliphatic carbocycles. The molecular weight excluding hydrogens is 512 g/mol. The molecule has 0 bridgehead atoms. The minimum atomic E-state index is 0.873. The number of rotatable bonds is 2. The number of nitrogens with zero attached hydrogens (tertiary/aromatic N) is 4. The second-order valence-electron chi connectivity index (χ2n) is 10.7. The molecule has 5 aromatic carbocycles. The highest BCUT2D eigenvalue weighted by Crippen LogP contribution is 2.39. The van der Waals surface area contributed by atoms with E-state index in [1.54, 1.807) is 0 Å². The summed E-state index contributed by atoms with van der Waals surface area (Å²) in [5.41, 5.74) is 6.63. The molecule has 9 aromatic rings. The zero-order chi connectivity index (χ0) is 27.6. The Morgan fingerprint density at radius 3 is 1.76 bits per heavy atom. The van der Waals surface area contributed by atoms with Crippen LogP contribution in [0, 0.1) is 0 Å². The van der Waals surface area contributed by atoms with Gasteiger partial charge in [0.25, 0.3) is 0 Å². The smallest absolute Gasteiger partial charge is 0.0971 e. The van der Waals surface area contributed by atoms with Crippen LogP contribution in [0.15, 0.2) is 134 Å². The topological polar surface area (TPSA) is 51.6 Å². The van der Waals surface area contributed by atoms with Gasteiger partial charge in [-0.2, -0.15) is 0 Å². The average molecular weight is 535 g/mol. The fraction of sp³-hybridized carbons (Fsp3) is 0. The van der Waals surface area contributed by atoms with Crippen molar-refractivity contribution < 1.29 is 0 Å². The van der Waals surface area contributed by atoms with Crippen molar-refractivity contribution in [3.05, 3.63) is 134 Å². The molecular formula is C38H22N4. The molecule has 0 unspecified atom stereocenters. The van der Waals surface area contributed by atoms with Gasteiger partial charge in [0.1, 0.15) is 0 Å². The van der Waals surface area contributed by atoms with Gasteiger partial charge in [0.2, 0.25) is 0 Å². The van der Waals surface area contributed by atoms with Crippen molar-refractivity contribution in [1.29, 1.82) is 0 Å². The largest absolute Gasteiger partial charge is 0.254 e. The van der Waals surface area contributed by atoms with Crippen LogP contribution < -0.4 is 0 Å². The molecule has 4 heterocycles. The van der Waals surface area contributed by atoms with Gasteiger partial charge in [-0.05, 0) is 56.6 Å². The summed E-state index contributed by atoms with van der Waals surface area (Å²) < 4.78 is 0. The molecule has 0 radical (unpaired) electrons. The molecule has 0 aliphatic heterocycles. The highest BCUT2D eigenvalue weighted by Gasteiger charge is 2.15. The van der Waals surface area contributed by atoms with Crippen LogP contribution in [0.25, 0.3) is 87.4 Å². The van der Waals surface area contributed by atoms with Crippen LogP contribution in [0.3, 0.4) is 0 Å². The van der Waals surface area contributed by atoms with Gasteiger partial charge in [-0.3, -0.25) is 19.9 Å². The highest BCUT2D eigenvalue weighted by molar-refractivity contribution is 6.26. The van der Waals surface area contributed by atoms with Crippen LogP contribution in [-0.4, -0.2) is 19.9 Å². The van der Waals surface area contributed by atoms with E-state index < -0.39 is 0 Å². The van der Waals surface area contributed by atoms with Gasteiger partial charge in [-0.1, -0.05) is 84.9 Å². The van der Waals surface area contributed by atoms with Crippen LogP contribution in [0.4, 0.5) is 0 Å². The predicted molar refractivity (Wildman–Crippen MR) is 174 cm³/mol. The van der Waals surface area contributed by atoms with Crippen molar-refractivity contribution in [2.75, 3.05) is 0 Å². The lowest BCUT2D eigenvalue weighted by molar-refractivity contribution is 1.31. The number of fused-ring (bicyclic) bond motifs is 10. The monoisotopic (exact) mass is 534 g/mol. The molecule has 4 aromatic heterocycles. The van der Waals surface area contributed by atoms with E-state index in [0.29, 0.717) is 0 Å². The molecule has 0 N–H and O–H groups in total. The molecule has 4 nitrogen and oxygen atoms in total. The maximum atomic E-state index is 5.03. The van der Waals surface area contributed by atoms with Gasteiger partial charge >= 0.3 is 0 Å². The third kappa shape index (κ3) is 3.36. The van der Waals surface area contributed by atoms with Crippen molar-refractivity contribution in [2.24, 2.45) is 0 Å². The summed E-state index contributed by atoms with van der Waals surface area (Å²) in [7, 11) is 0. The maximum absolute atomic E-state index is 5.03. The number of hydrogen-bond donors (Lipinski definition) is 0.